The summed E-state index contributed by atoms with van der Waals surface area (Å²) >= 11 is 0. The minimum atomic E-state index is -0.187. The van der Waals surface area contributed by atoms with Gasteiger partial charge in [-0.1, -0.05) is 13.8 Å². The summed E-state index contributed by atoms with van der Waals surface area (Å²) in [5.74, 6) is 0.566. The highest BCUT2D eigenvalue weighted by molar-refractivity contribution is 4.88. The van der Waals surface area contributed by atoms with Crippen molar-refractivity contribution < 1.29 is 5.11 Å². The first kappa shape index (κ1) is 13.2. The number of nitrogens with zero attached hydrogens (tertiary/aromatic N) is 2. The molecule has 1 aromatic heterocycles. The third kappa shape index (κ3) is 3.32. The van der Waals surface area contributed by atoms with Crippen LogP contribution in [0.3, 0.4) is 0 Å². The molecule has 0 amide bonds. The highest BCUT2D eigenvalue weighted by Gasteiger charge is 2.31. The van der Waals surface area contributed by atoms with E-state index < -0.39 is 0 Å². The van der Waals surface area contributed by atoms with Crippen molar-refractivity contribution in [2.45, 2.75) is 45.4 Å². The first-order valence-electron chi connectivity index (χ1n) is 6.10. The van der Waals surface area contributed by atoms with Crippen LogP contribution in [-0.4, -0.2) is 33.9 Å². The van der Waals surface area contributed by atoms with Crippen LogP contribution >= 0.6 is 0 Å². The zero-order valence-corrected chi connectivity index (χ0v) is 10.4. The maximum absolute atomic E-state index is 9.70. The van der Waals surface area contributed by atoms with Gasteiger partial charge in [-0.3, -0.25) is 0 Å². The van der Waals surface area contributed by atoms with Crippen molar-refractivity contribution in [1.29, 1.82) is 0 Å². The molecule has 16 heavy (non-hydrogen) atoms. The second kappa shape index (κ2) is 6.66. The van der Waals surface area contributed by atoms with Crippen LogP contribution in [0.5, 0.6) is 0 Å². The molecule has 1 aromatic rings. The molecule has 0 spiro atoms. The topological polar surface area (TPSA) is 50.1 Å². The summed E-state index contributed by atoms with van der Waals surface area (Å²) in [4.78, 5) is 4.01. The van der Waals surface area contributed by atoms with E-state index in [9.17, 15) is 5.11 Å². The Balaban J connectivity index is 0.000000606. The first-order chi connectivity index (χ1) is 7.79. The number of aromatic nitrogens is 2. The Kier molecular flexibility index (Phi) is 5.49. The lowest BCUT2D eigenvalue weighted by molar-refractivity contribution is 0.149. The zero-order chi connectivity index (χ0) is 12.0. The van der Waals surface area contributed by atoms with E-state index in [2.05, 4.69) is 14.9 Å². The van der Waals surface area contributed by atoms with Crippen molar-refractivity contribution in [3.8, 4) is 0 Å². The molecule has 1 saturated carbocycles. The molecule has 2 rings (SSSR count). The van der Waals surface area contributed by atoms with Gasteiger partial charge in [-0.25, -0.2) is 4.98 Å². The Labute approximate surface area is 97.7 Å². The number of aliphatic hydroxyl groups excluding tert-OH is 1. The molecular weight excluding hydrogens is 202 g/mol. The predicted octanol–water partition coefficient (Wildman–Crippen LogP) is 1.27. The van der Waals surface area contributed by atoms with Crippen molar-refractivity contribution in [1.82, 2.24) is 14.9 Å². The molecule has 0 saturated heterocycles. The number of likely N-dealkylation sites (N-methyl/N-ethyl adjacent to an activating group) is 1. The van der Waals surface area contributed by atoms with Crippen molar-refractivity contribution in [3.63, 3.8) is 0 Å². The Morgan fingerprint density at radius 1 is 1.44 bits per heavy atom. The molecular formula is C12H23N3O. The van der Waals surface area contributed by atoms with Crippen LogP contribution in [-0.2, 0) is 6.54 Å². The molecule has 2 N–H and O–H groups in total. The molecule has 4 heteroatoms. The summed E-state index contributed by atoms with van der Waals surface area (Å²) in [7, 11) is 1.91. The maximum Gasteiger partial charge on any atom is 0.0945 e. The summed E-state index contributed by atoms with van der Waals surface area (Å²) < 4.78 is 2.08. The zero-order valence-electron chi connectivity index (χ0n) is 10.4. The van der Waals surface area contributed by atoms with Gasteiger partial charge >= 0.3 is 0 Å². The first-order valence-corrected chi connectivity index (χ1v) is 6.10. The van der Waals surface area contributed by atoms with Crippen LogP contribution in [0.25, 0.3) is 0 Å². The lowest BCUT2D eigenvalue weighted by Gasteiger charge is -2.11. The Morgan fingerprint density at radius 3 is 2.69 bits per heavy atom. The lowest BCUT2D eigenvalue weighted by Crippen LogP contribution is -2.32. The monoisotopic (exact) mass is 225 g/mol. The standard InChI is InChI=1S/C10H17N3O.C2H6/c1-11-9-4-8(5-10(9)14)6-13-3-2-12-7-13;1-2/h2-3,7-11,14H,4-6H2,1H3;1-2H3. The number of hydrogen-bond donors (Lipinski definition) is 2. The van der Waals surface area contributed by atoms with Gasteiger partial charge < -0.3 is 15.0 Å². The molecule has 4 nitrogen and oxygen atoms in total. The van der Waals surface area contributed by atoms with Gasteiger partial charge in [0, 0.05) is 25.0 Å². The van der Waals surface area contributed by atoms with Crippen LogP contribution in [0.4, 0.5) is 0 Å². The fourth-order valence-corrected chi connectivity index (χ4v) is 2.27. The van der Waals surface area contributed by atoms with Crippen molar-refractivity contribution in [2.75, 3.05) is 7.05 Å². The fourth-order valence-electron chi connectivity index (χ4n) is 2.27. The van der Waals surface area contributed by atoms with E-state index in [1.165, 1.54) is 0 Å². The van der Waals surface area contributed by atoms with E-state index in [0.29, 0.717) is 5.92 Å². The van der Waals surface area contributed by atoms with Gasteiger partial charge in [0.15, 0.2) is 0 Å². The Hall–Kier alpha value is -0.870. The maximum atomic E-state index is 9.70. The molecule has 1 aliphatic carbocycles. The fraction of sp³-hybridized carbons (Fsp3) is 0.750. The normalized spacial score (nSPS) is 28.6. The van der Waals surface area contributed by atoms with E-state index in [0.717, 1.165) is 19.4 Å². The number of rotatable bonds is 3. The third-order valence-electron chi connectivity index (χ3n) is 3.03. The number of nitrogens with one attached hydrogen (secondary N) is 1. The number of imidazole rings is 1. The van der Waals surface area contributed by atoms with Crippen molar-refractivity contribution in [3.05, 3.63) is 18.7 Å². The van der Waals surface area contributed by atoms with Crippen molar-refractivity contribution in [2.24, 2.45) is 5.92 Å². The van der Waals surface area contributed by atoms with E-state index >= 15 is 0 Å². The molecule has 1 fully saturated rings. The molecule has 0 radical (unpaired) electrons. The number of hydrogen-bond acceptors (Lipinski definition) is 3. The van der Waals surface area contributed by atoms with Gasteiger partial charge in [0.25, 0.3) is 0 Å². The largest absolute Gasteiger partial charge is 0.391 e. The van der Waals surface area contributed by atoms with Gasteiger partial charge in [-0.2, -0.15) is 0 Å². The summed E-state index contributed by atoms with van der Waals surface area (Å²) in [5.41, 5.74) is 0. The number of aliphatic hydroxyl groups is 1. The highest BCUT2D eigenvalue weighted by atomic mass is 16.3. The third-order valence-corrected chi connectivity index (χ3v) is 3.03. The molecule has 0 bridgehead atoms. The van der Waals surface area contributed by atoms with Gasteiger partial charge in [-0.05, 0) is 25.8 Å². The molecule has 0 aromatic carbocycles. The lowest BCUT2D eigenvalue weighted by atomic mass is 10.1. The highest BCUT2D eigenvalue weighted by Crippen LogP contribution is 2.27. The minimum Gasteiger partial charge on any atom is -0.391 e. The van der Waals surface area contributed by atoms with E-state index in [1.54, 1.807) is 6.20 Å². The SMILES string of the molecule is CC.CNC1CC(Cn2ccnc2)CC1O. The van der Waals surface area contributed by atoms with Gasteiger partial charge in [0.2, 0.25) is 0 Å². The second-order valence-corrected chi connectivity index (χ2v) is 4.06. The molecule has 1 heterocycles. The van der Waals surface area contributed by atoms with E-state index in [4.69, 9.17) is 0 Å². The van der Waals surface area contributed by atoms with Crippen LogP contribution in [0.1, 0.15) is 26.7 Å². The van der Waals surface area contributed by atoms with E-state index in [1.807, 2.05) is 33.4 Å². The molecule has 0 aliphatic heterocycles. The van der Waals surface area contributed by atoms with Crippen molar-refractivity contribution >= 4 is 0 Å². The molecule has 92 valence electrons. The quantitative estimate of drug-likeness (QED) is 0.814. The van der Waals surface area contributed by atoms with Gasteiger partial charge in [0.05, 0.1) is 12.4 Å². The second-order valence-electron chi connectivity index (χ2n) is 4.06. The van der Waals surface area contributed by atoms with Crippen LogP contribution in [0, 0.1) is 5.92 Å². The summed E-state index contributed by atoms with van der Waals surface area (Å²) in [5, 5.41) is 12.8. The average molecular weight is 225 g/mol. The Morgan fingerprint density at radius 2 is 2.19 bits per heavy atom. The predicted molar refractivity (Wildman–Crippen MR) is 65.2 cm³/mol. The average Bonchev–Trinajstić information content (AvgIpc) is 2.91. The molecule has 3 atom stereocenters. The minimum absolute atomic E-state index is 0.187. The summed E-state index contributed by atoms with van der Waals surface area (Å²) in [6.07, 6.45) is 7.35. The smallest absolute Gasteiger partial charge is 0.0945 e. The molecule has 3 unspecified atom stereocenters. The molecule has 1 aliphatic rings. The van der Waals surface area contributed by atoms with Gasteiger partial charge in [0.1, 0.15) is 0 Å². The van der Waals surface area contributed by atoms with E-state index in [-0.39, 0.29) is 12.1 Å². The Bertz CT molecular complexity index is 274. The summed E-state index contributed by atoms with van der Waals surface area (Å²) in [6.45, 7) is 4.97. The van der Waals surface area contributed by atoms with Crippen LogP contribution in [0.2, 0.25) is 0 Å². The van der Waals surface area contributed by atoms with Crippen LogP contribution < -0.4 is 5.32 Å². The summed E-state index contributed by atoms with van der Waals surface area (Å²) in [6, 6.07) is 0.267. The van der Waals surface area contributed by atoms with Gasteiger partial charge in [-0.15, -0.1) is 0 Å². The van der Waals surface area contributed by atoms with Crippen LogP contribution in [0.15, 0.2) is 18.7 Å².